The van der Waals surface area contributed by atoms with E-state index in [4.69, 9.17) is 18.9 Å². The highest BCUT2D eigenvalue weighted by atomic mass is 16.5. The Morgan fingerprint density at radius 1 is 0.773 bits per heavy atom. The minimum atomic E-state index is -0.295. The lowest BCUT2D eigenvalue weighted by Crippen LogP contribution is -2.08. The smallest absolute Gasteiger partial charge is 0.302 e. The molecule has 22 heavy (non-hydrogen) atoms. The van der Waals surface area contributed by atoms with E-state index < -0.39 is 0 Å². The first-order chi connectivity index (χ1) is 10.6. The highest BCUT2D eigenvalue weighted by Crippen LogP contribution is 2.26. The fraction of sp³-hybridized carbons (Fsp3) is 0.500. The summed E-state index contributed by atoms with van der Waals surface area (Å²) < 4.78 is 20.9. The van der Waals surface area contributed by atoms with Crippen LogP contribution in [0.4, 0.5) is 0 Å². The normalized spacial score (nSPS) is 9.91. The molecule has 0 spiro atoms. The summed E-state index contributed by atoms with van der Waals surface area (Å²) in [5, 5.41) is 0. The fourth-order valence-corrected chi connectivity index (χ4v) is 1.60. The van der Waals surface area contributed by atoms with Crippen molar-refractivity contribution in [2.45, 2.75) is 26.7 Å². The van der Waals surface area contributed by atoms with Gasteiger partial charge in [0.25, 0.3) is 0 Å². The van der Waals surface area contributed by atoms with Crippen LogP contribution in [-0.4, -0.2) is 38.4 Å². The number of carbonyl (C=O) groups excluding carboxylic acids is 2. The van der Waals surface area contributed by atoms with E-state index >= 15 is 0 Å². The Labute approximate surface area is 130 Å². The zero-order chi connectivity index (χ0) is 16.2. The first-order valence-corrected chi connectivity index (χ1v) is 7.21. The fourth-order valence-electron chi connectivity index (χ4n) is 1.60. The van der Waals surface area contributed by atoms with E-state index in [-0.39, 0.29) is 11.9 Å². The third kappa shape index (κ3) is 8.14. The second-order valence-corrected chi connectivity index (χ2v) is 4.53. The molecule has 0 unspecified atom stereocenters. The van der Waals surface area contributed by atoms with E-state index in [1.54, 1.807) is 0 Å². The number of hydrogen-bond acceptors (Lipinski definition) is 6. The molecule has 6 nitrogen and oxygen atoms in total. The van der Waals surface area contributed by atoms with Crippen LogP contribution in [0.15, 0.2) is 24.3 Å². The molecule has 0 fully saturated rings. The first kappa shape index (κ1) is 17.8. The number of ether oxygens (including phenoxy) is 4. The number of hydrogen-bond donors (Lipinski definition) is 0. The van der Waals surface area contributed by atoms with Crippen molar-refractivity contribution in [1.29, 1.82) is 0 Å². The minimum Gasteiger partial charge on any atom is -0.490 e. The van der Waals surface area contributed by atoms with E-state index in [0.717, 1.165) is 0 Å². The second kappa shape index (κ2) is 10.5. The van der Waals surface area contributed by atoms with Gasteiger partial charge in [-0.05, 0) is 12.1 Å². The Hall–Kier alpha value is -2.24. The van der Waals surface area contributed by atoms with Gasteiger partial charge in [-0.1, -0.05) is 12.1 Å². The molecule has 6 heteroatoms. The zero-order valence-corrected chi connectivity index (χ0v) is 13.0. The van der Waals surface area contributed by atoms with E-state index in [2.05, 4.69) is 0 Å². The third-order valence-corrected chi connectivity index (χ3v) is 2.55. The van der Waals surface area contributed by atoms with Crippen LogP contribution in [0.5, 0.6) is 11.5 Å². The van der Waals surface area contributed by atoms with E-state index in [9.17, 15) is 9.59 Å². The van der Waals surface area contributed by atoms with Crippen LogP contribution in [0.2, 0.25) is 0 Å². The highest BCUT2D eigenvalue weighted by molar-refractivity contribution is 5.66. The summed E-state index contributed by atoms with van der Waals surface area (Å²) in [6.45, 7) is 4.28. The van der Waals surface area contributed by atoms with Gasteiger partial charge >= 0.3 is 11.9 Å². The molecule has 0 aliphatic carbocycles. The lowest BCUT2D eigenvalue weighted by atomic mass is 10.3. The molecule has 0 aliphatic heterocycles. The number of carbonyl (C=O) groups is 2. The van der Waals surface area contributed by atoms with Crippen molar-refractivity contribution in [3.8, 4) is 11.5 Å². The third-order valence-electron chi connectivity index (χ3n) is 2.55. The standard InChI is InChI=1S/C16H22O6/c1-13(17)19-9-5-11-21-15-7-3-4-8-16(15)22-12-6-10-20-14(2)18/h3-4,7-8H,5-6,9-12H2,1-2H3. The van der Waals surface area contributed by atoms with Gasteiger partial charge in [-0.25, -0.2) is 0 Å². The summed E-state index contributed by atoms with van der Waals surface area (Å²) in [6.07, 6.45) is 1.22. The maximum absolute atomic E-state index is 10.6. The van der Waals surface area contributed by atoms with Crippen LogP contribution in [0.25, 0.3) is 0 Å². The lowest BCUT2D eigenvalue weighted by molar-refractivity contribution is -0.142. The van der Waals surface area contributed by atoms with Crippen molar-refractivity contribution in [2.24, 2.45) is 0 Å². The van der Waals surface area contributed by atoms with Gasteiger partial charge in [-0.3, -0.25) is 9.59 Å². The van der Waals surface area contributed by atoms with Gasteiger partial charge in [0.1, 0.15) is 0 Å². The van der Waals surface area contributed by atoms with Gasteiger partial charge in [0.05, 0.1) is 26.4 Å². The second-order valence-electron chi connectivity index (χ2n) is 4.53. The van der Waals surface area contributed by atoms with Gasteiger partial charge in [-0.2, -0.15) is 0 Å². The van der Waals surface area contributed by atoms with E-state index in [0.29, 0.717) is 50.8 Å². The Morgan fingerprint density at radius 2 is 1.18 bits per heavy atom. The van der Waals surface area contributed by atoms with Crippen molar-refractivity contribution in [3.63, 3.8) is 0 Å². The summed E-state index contributed by atoms with van der Waals surface area (Å²) in [5.41, 5.74) is 0. The van der Waals surface area contributed by atoms with Crippen LogP contribution < -0.4 is 9.47 Å². The molecule has 1 rings (SSSR count). The zero-order valence-electron chi connectivity index (χ0n) is 13.0. The van der Waals surface area contributed by atoms with Gasteiger partial charge in [0.2, 0.25) is 0 Å². The summed E-state index contributed by atoms with van der Waals surface area (Å²) in [5.74, 6) is 0.684. The van der Waals surface area contributed by atoms with E-state index in [1.807, 2.05) is 24.3 Å². The number of rotatable bonds is 10. The monoisotopic (exact) mass is 310 g/mol. The maximum atomic E-state index is 10.6. The minimum absolute atomic E-state index is 0.295. The van der Waals surface area contributed by atoms with Gasteiger partial charge in [-0.15, -0.1) is 0 Å². The molecule has 0 radical (unpaired) electrons. The molecule has 0 atom stereocenters. The first-order valence-electron chi connectivity index (χ1n) is 7.21. The number of benzene rings is 1. The summed E-state index contributed by atoms with van der Waals surface area (Å²) >= 11 is 0. The van der Waals surface area contributed by atoms with Crippen LogP contribution in [0, 0.1) is 0 Å². The van der Waals surface area contributed by atoms with Crippen LogP contribution in [0.1, 0.15) is 26.7 Å². The quantitative estimate of drug-likeness (QED) is 0.488. The summed E-state index contributed by atoms with van der Waals surface area (Å²) in [6, 6.07) is 7.33. The molecule has 0 bridgehead atoms. The molecule has 0 amide bonds. The molecule has 122 valence electrons. The highest BCUT2D eigenvalue weighted by Gasteiger charge is 2.04. The Balaban J connectivity index is 2.28. The predicted molar refractivity (Wildman–Crippen MR) is 79.9 cm³/mol. The molecular formula is C16H22O6. The molecule has 1 aromatic carbocycles. The topological polar surface area (TPSA) is 71.1 Å². The molecule has 1 aromatic rings. The van der Waals surface area contributed by atoms with Crippen molar-refractivity contribution >= 4 is 11.9 Å². The average molecular weight is 310 g/mol. The van der Waals surface area contributed by atoms with Crippen molar-refractivity contribution in [3.05, 3.63) is 24.3 Å². The predicted octanol–water partition coefficient (Wildman–Crippen LogP) is 2.35. The van der Waals surface area contributed by atoms with Crippen LogP contribution in [-0.2, 0) is 19.1 Å². The molecular weight excluding hydrogens is 288 g/mol. The van der Waals surface area contributed by atoms with Crippen molar-refractivity contribution in [2.75, 3.05) is 26.4 Å². The lowest BCUT2D eigenvalue weighted by Gasteiger charge is -2.12. The number of para-hydroxylation sites is 2. The summed E-state index contributed by atoms with van der Waals surface area (Å²) in [7, 11) is 0. The molecule has 0 N–H and O–H groups in total. The molecule has 0 saturated carbocycles. The largest absolute Gasteiger partial charge is 0.490 e. The van der Waals surface area contributed by atoms with Gasteiger partial charge in [0.15, 0.2) is 11.5 Å². The molecule has 0 aliphatic rings. The van der Waals surface area contributed by atoms with Crippen molar-refractivity contribution in [1.82, 2.24) is 0 Å². The molecule has 0 heterocycles. The van der Waals surface area contributed by atoms with Crippen molar-refractivity contribution < 1.29 is 28.5 Å². The Morgan fingerprint density at radius 3 is 1.55 bits per heavy atom. The summed E-state index contributed by atoms with van der Waals surface area (Å²) in [4.78, 5) is 21.3. The van der Waals surface area contributed by atoms with Gasteiger partial charge in [0, 0.05) is 26.7 Å². The maximum Gasteiger partial charge on any atom is 0.302 e. The molecule has 0 saturated heterocycles. The number of esters is 2. The van der Waals surface area contributed by atoms with Gasteiger partial charge < -0.3 is 18.9 Å². The van der Waals surface area contributed by atoms with E-state index in [1.165, 1.54) is 13.8 Å². The Bertz CT molecular complexity index is 428. The average Bonchev–Trinajstić information content (AvgIpc) is 2.47. The van der Waals surface area contributed by atoms with Crippen LogP contribution >= 0.6 is 0 Å². The van der Waals surface area contributed by atoms with Crippen LogP contribution in [0.3, 0.4) is 0 Å². The molecule has 0 aromatic heterocycles. The Kier molecular flexibility index (Phi) is 8.49. The SMILES string of the molecule is CC(=O)OCCCOc1ccccc1OCCCOC(C)=O.